The number of hydrogen-bond donors (Lipinski definition) is 2. The predicted octanol–water partition coefficient (Wildman–Crippen LogP) is 2.64. The molecule has 0 heterocycles. The molecule has 0 saturated heterocycles. The summed E-state index contributed by atoms with van der Waals surface area (Å²) in [6, 6.07) is 5.45. The molecule has 1 aromatic rings. The van der Waals surface area contributed by atoms with E-state index in [1.165, 1.54) is 7.05 Å². The third-order valence-corrected chi connectivity index (χ3v) is 3.43. The lowest BCUT2D eigenvalue weighted by Crippen LogP contribution is -2.37. The summed E-state index contributed by atoms with van der Waals surface area (Å²) in [6.45, 7) is 0. The first kappa shape index (κ1) is 13.3. The molecule has 0 atom stereocenters. The quantitative estimate of drug-likeness (QED) is 0.297. The van der Waals surface area contributed by atoms with E-state index in [0.717, 1.165) is 21.2 Å². The van der Waals surface area contributed by atoms with Crippen molar-refractivity contribution in [2.75, 3.05) is 18.6 Å². The summed E-state index contributed by atoms with van der Waals surface area (Å²) in [7, 11) is 1.50. The molecule has 0 radical (unpaired) electrons. The number of nitrogens with zero attached hydrogens (tertiary/aromatic N) is 1. The fraction of sp³-hybridized carbons (Fsp3) is 0.300. The highest BCUT2D eigenvalue weighted by Crippen LogP contribution is 2.29. The number of halogens is 1. The minimum atomic E-state index is -0.333. The number of benzene rings is 1. The Bertz CT molecular complexity index is 384. The van der Waals surface area contributed by atoms with E-state index in [0.29, 0.717) is 5.33 Å². The topological polar surface area (TPSA) is 58.4 Å². The summed E-state index contributed by atoms with van der Waals surface area (Å²) in [5.41, 5.74) is 1.84. The molecule has 0 aromatic heterocycles. The number of thioether (sulfide) groups is 1. The summed E-state index contributed by atoms with van der Waals surface area (Å²) >= 11 is 5.06. The number of carbonyl (C=O) groups excluding carboxylic acids is 1. The monoisotopic (exact) mass is 303 g/mol. The van der Waals surface area contributed by atoms with Crippen molar-refractivity contribution in [3.05, 3.63) is 23.8 Å². The summed E-state index contributed by atoms with van der Waals surface area (Å²) in [5, 5.41) is 4.46. The van der Waals surface area contributed by atoms with Crippen LogP contribution in [0, 0.1) is 0 Å². The molecule has 0 fully saturated rings. The molecule has 0 spiro atoms. The number of hydrazine groups is 1. The third kappa shape index (κ3) is 3.13. The Balaban J connectivity index is 2.99. The molecule has 6 heteroatoms. The first-order valence-electron chi connectivity index (χ1n) is 4.61. The number of nitrogens with one attached hydrogen (secondary N) is 1. The van der Waals surface area contributed by atoms with Gasteiger partial charge < -0.3 is 5.32 Å². The summed E-state index contributed by atoms with van der Waals surface area (Å²) in [4.78, 5) is 12.6. The first-order valence-corrected chi connectivity index (χ1v) is 6.96. The zero-order valence-corrected chi connectivity index (χ0v) is 11.6. The lowest BCUT2D eigenvalue weighted by atomic mass is 10.2. The van der Waals surface area contributed by atoms with E-state index in [-0.39, 0.29) is 6.03 Å². The van der Waals surface area contributed by atoms with E-state index in [4.69, 9.17) is 5.84 Å². The second kappa shape index (κ2) is 6.12. The Morgan fingerprint density at radius 3 is 2.81 bits per heavy atom. The Morgan fingerprint density at radius 2 is 2.31 bits per heavy atom. The van der Waals surface area contributed by atoms with Crippen LogP contribution in [0.5, 0.6) is 0 Å². The highest BCUT2D eigenvalue weighted by Gasteiger charge is 2.10. The van der Waals surface area contributed by atoms with Gasteiger partial charge in [0.05, 0.1) is 0 Å². The third-order valence-electron chi connectivity index (χ3n) is 2.05. The lowest BCUT2D eigenvalue weighted by molar-refractivity contribution is 0.223. The van der Waals surface area contributed by atoms with Crippen molar-refractivity contribution in [1.29, 1.82) is 0 Å². The maximum Gasteiger partial charge on any atom is 0.335 e. The minimum Gasteiger partial charge on any atom is -0.306 e. The SMILES string of the molecule is CSc1cccc(NC(=O)N(C)N)c1CBr. The summed E-state index contributed by atoms with van der Waals surface area (Å²) in [5.74, 6) is 5.35. The van der Waals surface area contributed by atoms with Gasteiger partial charge in [0.1, 0.15) is 0 Å². The second-order valence-electron chi connectivity index (χ2n) is 3.16. The number of hydrogen-bond acceptors (Lipinski definition) is 3. The highest BCUT2D eigenvalue weighted by molar-refractivity contribution is 9.08. The van der Waals surface area contributed by atoms with E-state index in [1.807, 2.05) is 24.5 Å². The van der Waals surface area contributed by atoms with Crippen molar-refractivity contribution in [3.63, 3.8) is 0 Å². The van der Waals surface area contributed by atoms with Gasteiger partial charge in [-0.1, -0.05) is 22.0 Å². The first-order chi connectivity index (χ1) is 7.60. The molecule has 0 aliphatic rings. The van der Waals surface area contributed by atoms with Gasteiger partial charge in [-0.2, -0.15) is 0 Å². The lowest BCUT2D eigenvalue weighted by Gasteiger charge is -2.15. The van der Waals surface area contributed by atoms with E-state index in [1.54, 1.807) is 11.8 Å². The molecular weight excluding hydrogens is 290 g/mol. The molecule has 0 unspecified atom stereocenters. The normalized spacial score (nSPS) is 10.0. The number of alkyl halides is 1. The molecule has 0 saturated carbocycles. The Kier molecular flexibility index (Phi) is 5.11. The number of urea groups is 1. The summed E-state index contributed by atoms with van der Waals surface area (Å²) in [6.07, 6.45) is 2.00. The van der Waals surface area contributed by atoms with Crippen LogP contribution < -0.4 is 11.2 Å². The Hall–Kier alpha value is -0.720. The van der Waals surface area contributed by atoms with Gasteiger partial charge in [0.2, 0.25) is 0 Å². The largest absolute Gasteiger partial charge is 0.335 e. The molecule has 1 rings (SSSR count). The van der Waals surface area contributed by atoms with Crippen molar-refractivity contribution in [3.8, 4) is 0 Å². The number of rotatable bonds is 3. The van der Waals surface area contributed by atoms with Crippen LogP contribution in [-0.4, -0.2) is 24.3 Å². The summed E-state index contributed by atoms with van der Waals surface area (Å²) < 4.78 is 0. The maximum atomic E-state index is 11.4. The zero-order chi connectivity index (χ0) is 12.1. The Labute approximate surface area is 108 Å². The van der Waals surface area contributed by atoms with Crippen molar-refractivity contribution < 1.29 is 4.79 Å². The standard InChI is InChI=1S/C10H14BrN3OS/c1-14(12)10(15)13-8-4-3-5-9(16-2)7(8)6-11/h3-5H,6,12H2,1-2H3,(H,13,15). The van der Waals surface area contributed by atoms with Crippen LogP contribution in [0.15, 0.2) is 23.1 Å². The molecule has 4 nitrogen and oxygen atoms in total. The molecule has 2 amide bonds. The fourth-order valence-electron chi connectivity index (χ4n) is 1.22. The molecule has 16 heavy (non-hydrogen) atoms. The van der Waals surface area contributed by atoms with Crippen molar-refractivity contribution in [1.82, 2.24) is 5.01 Å². The minimum absolute atomic E-state index is 0.333. The van der Waals surface area contributed by atoms with Crippen LogP contribution in [0.25, 0.3) is 0 Å². The number of carbonyl (C=O) groups is 1. The molecule has 88 valence electrons. The highest BCUT2D eigenvalue weighted by atomic mass is 79.9. The smallest absolute Gasteiger partial charge is 0.306 e. The number of nitrogens with two attached hydrogens (primary N) is 1. The number of amides is 2. The van der Waals surface area contributed by atoms with Gasteiger partial charge in [0.25, 0.3) is 0 Å². The van der Waals surface area contributed by atoms with Gasteiger partial charge in [-0.15, -0.1) is 11.8 Å². The zero-order valence-electron chi connectivity index (χ0n) is 9.16. The van der Waals surface area contributed by atoms with Gasteiger partial charge >= 0.3 is 6.03 Å². The Morgan fingerprint density at radius 1 is 1.62 bits per heavy atom. The van der Waals surface area contributed by atoms with Gasteiger partial charge in [-0.05, 0) is 24.0 Å². The van der Waals surface area contributed by atoms with Gasteiger partial charge in [-0.3, -0.25) is 5.01 Å². The molecular formula is C10H14BrN3OS. The van der Waals surface area contributed by atoms with Gasteiger partial charge in [0, 0.05) is 23.0 Å². The molecule has 0 aliphatic carbocycles. The maximum absolute atomic E-state index is 11.4. The van der Waals surface area contributed by atoms with E-state index in [9.17, 15) is 4.79 Å². The van der Waals surface area contributed by atoms with Crippen LogP contribution in [0.3, 0.4) is 0 Å². The van der Waals surface area contributed by atoms with Crippen LogP contribution in [0.2, 0.25) is 0 Å². The molecule has 3 N–H and O–H groups in total. The van der Waals surface area contributed by atoms with Gasteiger partial charge in [-0.25, -0.2) is 10.6 Å². The van der Waals surface area contributed by atoms with Crippen molar-refractivity contribution in [2.45, 2.75) is 10.2 Å². The molecule has 0 aliphatic heterocycles. The number of anilines is 1. The van der Waals surface area contributed by atoms with Crippen LogP contribution in [0.1, 0.15) is 5.56 Å². The molecule has 1 aromatic carbocycles. The average molecular weight is 304 g/mol. The van der Waals surface area contributed by atoms with Crippen LogP contribution in [0.4, 0.5) is 10.5 Å². The van der Waals surface area contributed by atoms with Crippen LogP contribution >= 0.6 is 27.7 Å². The predicted molar refractivity (Wildman–Crippen MR) is 71.8 cm³/mol. The molecule has 0 bridgehead atoms. The van der Waals surface area contributed by atoms with Crippen LogP contribution in [-0.2, 0) is 5.33 Å². The van der Waals surface area contributed by atoms with E-state index < -0.39 is 0 Å². The average Bonchev–Trinajstić information content (AvgIpc) is 2.28. The van der Waals surface area contributed by atoms with Gasteiger partial charge in [0.15, 0.2) is 0 Å². The fourth-order valence-corrected chi connectivity index (χ4v) is 2.65. The van der Waals surface area contributed by atoms with E-state index in [2.05, 4.69) is 21.2 Å². The second-order valence-corrected chi connectivity index (χ2v) is 4.57. The van der Waals surface area contributed by atoms with Crippen molar-refractivity contribution in [2.24, 2.45) is 5.84 Å². The van der Waals surface area contributed by atoms with E-state index >= 15 is 0 Å². The van der Waals surface area contributed by atoms with Crippen molar-refractivity contribution >= 4 is 39.4 Å².